The van der Waals surface area contributed by atoms with Crippen LogP contribution < -0.4 is 0 Å². The molecule has 26 heavy (non-hydrogen) atoms. The first-order chi connectivity index (χ1) is 12.7. The van der Waals surface area contributed by atoms with Gasteiger partial charge in [-0.15, -0.1) is 0 Å². The van der Waals surface area contributed by atoms with Crippen LogP contribution in [0.3, 0.4) is 0 Å². The molecule has 2 aromatic heterocycles. The van der Waals surface area contributed by atoms with Crippen molar-refractivity contribution in [2.24, 2.45) is 4.99 Å². The van der Waals surface area contributed by atoms with Gasteiger partial charge in [-0.25, -0.2) is 19.9 Å². The molecule has 1 aliphatic heterocycles. The van der Waals surface area contributed by atoms with E-state index in [0.717, 1.165) is 17.0 Å². The third-order valence-electron chi connectivity index (χ3n) is 4.25. The molecule has 0 saturated carbocycles. The Morgan fingerprint density at radius 3 is 2.00 bits per heavy atom. The zero-order chi connectivity index (χ0) is 17.9. The maximum atomic E-state index is 4.89. The Balaban J connectivity index is 1.83. The fraction of sp³-hybridized carbons (Fsp3) is 0.150. The largest absolute Gasteiger partial charge is 0.346 e. The van der Waals surface area contributed by atoms with E-state index in [0.29, 0.717) is 11.6 Å². The normalized spacial score (nSPS) is 16.8. The van der Waals surface area contributed by atoms with E-state index in [1.807, 2.05) is 13.1 Å². The average Bonchev–Trinajstić information content (AvgIpc) is 2.70. The number of benzene rings is 1. The van der Waals surface area contributed by atoms with Gasteiger partial charge in [0.1, 0.15) is 11.9 Å². The molecular formula is C20H18N6. The summed E-state index contributed by atoms with van der Waals surface area (Å²) >= 11 is 0. The fourth-order valence-electron chi connectivity index (χ4n) is 2.86. The predicted molar refractivity (Wildman–Crippen MR) is 100 cm³/mol. The Morgan fingerprint density at radius 2 is 1.38 bits per heavy atom. The van der Waals surface area contributed by atoms with Gasteiger partial charge in [0, 0.05) is 31.8 Å². The van der Waals surface area contributed by atoms with Crippen molar-refractivity contribution >= 4 is 11.4 Å². The van der Waals surface area contributed by atoms with Crippen LogP contribution in [0.2, 0.25) is 0 Å². The zero-order valence-electron chi connectivity index (χ0n) is 14.6. The van der Waals surface area contributed by atoms with Crippen molar-refractivity contribution in [1.29, 1.82) is 0 Å². The fourth-order valence-corrected chi connectivity index (χ4v) is 2.86. The second-order valence-electron chi connectivity index (χ2n) is 6.08. The number of aryl methyl sites for hydroxylation is 1. The third-order valence-corrected chi connectivity index (χ3v) is 4.25. The van der Waals surface area contributed by atoms with E-state index >= 15 is 0 Å². The van der Waals surface area contributed by atoms with Gasteiger partial charge in [0.05, 0.1) is 5.70 Å². The molecule has 0 fully saturated rings. The highest BCUT2D eigenvalue weighted by Gasteiger charge is 2.27. The summed E-state index contributed by atoms with van der Waals surface area (Å²) in [6, 6.07) is 12.0. The van der Waals surface area contributed by atoms with Gasteiger partial charge in [-0.05, 0) is 30.7 Å². The number of aliphatic imine (C=N–C) groups is 1. The predicted octanol–water partition coefficient (Wildman–Crippen LogP) is 3.05. The monoisotopic (exact) mass is 342 g/mol. The number of nitrogens with zero attached hydrogens (tertiary/aromatic N) is 6. The lowest BCUT2D eigenvalue weighted by Gasteiger charge is -2.32. The Bertz CT molecular complexity index is 949. The van der Waals surface area contributed by atoms with Crippen LogP contribution in [0, 0.1) is 6.92 Å². The molecule has 4 rings (SSSR count). The van der Waals surface area contributed by atoms with Crippen LogP contribution in [0.1, 0.15) is 28.9 Å². The highest BCUT2D eigenvalue weighted by molar-refractivity contribution is 6.10. The van der Waals surface area contributed by atoms with Gasteiger partial charge in [-0.1, -0.05) is 29.8 Å². The molecule has 1 aromatic carbocycles. The molecule has 6 nitrogen and oxygen atoms in total. The van der Waals surface area contributed by atoms with Crippen LogP contribution in [-0.2, 0) is 0 Å². The average molecular weight is 342 g/mol. The summed E-state index contributed by atoms with van der Waals surface area (Å²) < 4.78 is 0. The van der Waals surface area contributed by atoms with Crippen molar-refractivity contribution < 1.29 is 0 Å². The van der Waals surface area contributed by atoms with E-state index in [9.17, 15) is 0 Å². The molecule has 128 valence electrons. The molecule has 0 spiro atoms. The lowest BCUT2D eigenvalue weighted by atomic mass is 10.1. The second-order valence-corrected chi connectivity index (χ2v) is 6.08. The van der Waals surface area contributed by atoms with E-state index in [2.05, 4.69) is 56.0 Å². The van der Waals surface area contributed by atoms with Gasteiger partial charge in [0.25, 0.3) is 0 Å². The first kappa shape index (κ1) is 16.1. The van der Waals surface area contributed by atoms with Crippen molar-refractivity contribution in [3.63, 3.8) is 0 Å². The first-order valence-electron chi connectivity index (χ1n) is 8.36. The highest BCUT2D eigenvalue weighted by Crippen LogP contribution is 2.32. The first-order valence-corrected chi connectivity index (χ1v) is 8.36. The number of hydrogen-bond donors (Lipinski definition) is 0. The van der Waals surface area contributed by atoms with Crippen LogP contribution in [0.15, 0.2) is 72.3 Å². The van der Waals surface area contributed by atoms with Crippen molar-refractivity contribution in [3.05, 3.63) is 90.0 Å². The summed E-state index contributed by atoms with van der Waals surface area (Å²) in [5.74, 6) is 1.24. The molecule has 6 heteroatoms. The molecular weight excluding hydrogens is 324 g/mol. The minimum absolute atomic E-state index is 0.196. The molecule has 0 amide bonds. The maximum absolute atomic E-state index is 4.89. The lowest BCUT2D eigenvalue weighted by molar-refractivity contribution is 0.361. The van der Waals surface area contributed by atoms with Crippen molar-refractivity contribution in [2.45, 2.75) is 13.1 Å². The quantitative estimate of drug-likeness (QED) is 0.732. The molecule has 0 bridgehead atoms. The number of aromatic nitrogens is 4. The van der Waals surface area contributed by atoms with Crippen LogP contribution in [0.5, 0.6) is 0 Å². The van der Waals surface area contributed by atoms with Crippen molar-refractivity contribution in [1.82, 2.24) is 24.8 Å². The summed E-state index contributed by atoms with van der Waals surface area (Å²) in [6.07, 6.45) is 8.66. The van der Waals surface area contributed by atoms with Gasteiger partial charge >= 0.3 is 0 Å². The number of allylic oxidation sites excluding steroid dienone is 1. The van der Waals surface area contributed by atoms with Gasteiger partial charge in [0.15, 0.2) is 11.6 Å². The molecule has 0 N–H and O–H groups in total. The molecule has 0 radical (unpaired) electrons. The van der Waals surface area contributed by atoms with Crippen LogP contribution in [-0.4, -0.2) is 37.6 Å². The van der Waals surface area contributed by atoms with E-state index in [4.69, 9.17) is 4.99 Å². The van der Waals surface area contributed by atoms with Crippen molar-refractivity contribution in [3.8, 4) is 0 Å². The Hall–Kier alpha value is -3.41. The second kappa shape index (κ2) is 6.84. The number of rotatable bonds is 3. The van der Waals surface area contributed by atoms with E-state index in [-0.39, 0.29) is 6.17 Å². The van der Waals surface area contributed by atoms with Gasteiger partial charge in [-0.2, -0.15) is 0 Å². The van der Waals surface area contributed by atoms with Gasteiger partial charge in [-0.3, -0.25) is 4.99 Å². The van der Waals surface area contributed by atoms with Gasteiger partial charge < -0.3 is 4.90 Å². The van der Waals surface area contributed by atoms with E-state index < -0.39 is 0 Å². The van der Waals surface area contributed by atoms with Crippen LogP contribution in [0.4, 0.5) is 0 Å². The van der Waals surface area contributed by atoms with E-state index in [1.54, 1.807) is 36.9 Å². The third kappa shape index (κ3) is 3.09. The molecule has 3 aromatic rings. The number of hydrogen-bond acceptors (Lipinski definition) is 6. The standard InChI is InChI=1S/C20H18N6/c1-14-5-7-15(8-6-14)20-25-16(18-21-9-3-10-22-18)13-17(26(20)2)19-23-11-4-12-24-19/h3-13,20H,1-2H3. The molecule has 3 heterocycles. The van der Waals surface area contributed by atoms with Gasteiger partial charge in [0.2, 0.25) is 0 Å². The molecule has 1 aliphatic rings. The summed E-state index contributed by atoms with van der Waals surface area (Å²) in [4.78, 5) is 24.5. The highest BCUT2D eigenvalue weighted by atomic mass is 15.3. The maximum Gasteiger partial charge on any atom is 0.177 e. The molecule has 0 saturated heterocycles. The topological polar surface area (TPSA) is 67.2 Å². The minimum atomic E-state index is -0.196. The van der Waals surface area contributed by atoms with Crippen molar-refractivity contribution in [2.75, 3.05) is 7.05 Å². The summed E-state index contributed by atoms with van der Waals surface area (Å²) in [7, 11) is 2.00. The Labute approximate surface area is 152 Å². The minimum Gasteiger partial charge on any atom is -0.346 e. The summed E-state index contributed by atoms with van der Waals surface area (Å²) in [6.45, 7) is 2.07. The van der Waals surface area contributed by atoms with Crippen LogP contribution >= 0.6 is 0 Å². The zero-order valence-corrected chi connectivity index (χ0v) is 14.6. The Morgan fingerprint density at radius 1 is 0.808 bits per heavy atom. The SMILES string of the molecule is Cc1ccc(C2N=C(c3ncccn3)C=C(c3ncccn3)N2C)cc1. The lowest BCUT2D eigenvalue weighted by Crippen LogP contribution is -2.28. The van der Waals surface area contributed by atoms with E-state index in [1.165, 1.54) is 5.56 Å². The molecule has 1 atom stereocenters. The smallest absolute Gasteiger partial charge is 0.177 e. The summed E-state index contributed by atoms with van der Waals surface area (Å²) in [5.41, 5.74) is 3.91. The molecule has 0 aliphatic carbocycles. The Kier molecular flexibility index (Phi) is 4.23. The molecule has 1 unspecified atom stereocenters. The summed E-state index contributed by atoms with van der Waals surface area (Å²) in [5, 5.41) is 0. The van der Waals surface area contributed by atoms with Crippen LogP contribution in [0.25, 0.3) is 5.70 Å².